The van der Waals surface area contributed by atoms with Crippen molar-refractivity contribution >= 4 is 21.4 Å². The molecule has 1 atom stereocenters. The van der Waals surface area contributed by atoms with E-state index in [0.717, 1.165) is 16.5 Å². The van der Waals surface area contributed by atoms with E-state index in [1.165, 1.54) is 30.2 Å². The molecule has 1 aromatic carbocycles. The Bertz CT molecular complexity index is 492. The van der Waals surface area contributed by atoms with Crippen LogP contribution in [0.3, 0.4) is 0 Å². The highest BCUT2D eigenvalue weighted by Crippen LogP contribution is 2.31. The average Bonchev–Trinajstić information content (AvgIpc) is 2.72. The number of benzene rings is 1. The van der Waals surface area contributed by atoms with Gasteiger partial charge in [0.2, 0.25) is 0 Å². The van der Waals surface area contributed by atoms with E-state index in [-0.39, 0.29) is 11.9 Å². The van der Waals surface area contributed by atoms with Gasteiger partial charge >= 0.3 is 0 Å². The quantitative estimate of drug-likeness (QED) is 0.771. The maximum absolute atomic E-state index is 13.1. The van der Waals surface area contributed by atoms with Crippen LogP contribution >= 0.6 is 11.3 Å². The summed E-state index contributed by atoms with van der Waals surface area (Å²) in [6.45, 7) is 2.19. The van der Waals surface area contributed by atoms with Crippen LogP contribution in [-0.2, 0) is 0 Å². The molecule has 0 fully saturated rings. The zero-order valence-electron chi connectivity index (χ0n) is 10.1. The van der Waals surface area contributed by atoms with E-state index in [1.54, 1.807) is 17.4 Å². The lowest BCUT2D eigenvalue weighted by atomic mass is 10.1. The van der Waals surface area contributed by atoms with Gasteiger partial charge in [-0.1, -0.05) is 26.2 Å². The molecular formula is C14H18FNS. The van der Waals surface area contributed by atoms with Crippen molar-refractivity contribution in [1.82, 2.24) is 0 Å². The molecule has 92 valence electrons. The van der Waals surface area contributed by atoms with Gasteiger partial charge in [0.1, 0.15) is 5.82 Å². The second-order valence-electron chi connectivity index (χ2n) is 4.43. The summed E-state index contributed by atoms with van der Waals surface area (Å²) < 4.78 is 14.2. The number of halogens is 1. The van der Waals surface area contributed by atoms with Crippen molar-refractivity contribution in [1.29, 1.82) is 0 Å². The molecule has 1 heterocycles. The van der Waals surface area contributed by atoms with Crippen LogP contribution in [0.1, 0.15) is 43.5 Å². The zero-order chi connectivity index (χ0) is 12.3. The number of fused-ring (bicyclic) bond motifs is 1. The first-order chi connectivity index (χ1) is 8.20. The number of rotatable bonds is 5. The Hall–Kier alpha value is -0.930. The Balaban J connectivity index is 2.12. The molecule has 0 aliphatic heterocycles. The first-order valence-corrected chi connectivity index (χ1v) is 6.97. The normalized spacial score (nSPS) is 13.1. The predicted octanol–water partition coefficient (Wildman–Crippen LogP) is 4.62. The first-order valence-electron chi connectivity index (χ1n) is 6.15. The standard InChI is InChI=1S/C14H18FNS/c1-2-3-4-5-12(16)14-9-10-8-11(15)6-7-13(10)17-14/h6-9,12H,2-5,16H2,1H3. The van der Waals surface area contributed by atoms with Gasteiger partial charge in [0.15, 0.2) is 0 Å². The minimum Gasteiger partial charge on any atom is -0.323 e. The number of nitrogens with two attached hydrogens (primary N) is 1. The van der Waals surface area contributed by atoms with Gasteiger partial charge in [-0.15, -0.1) is 11.3 Å². The van der Waals surface area contributed by atoms with Crippen molar-refractivity contribution in [2.24, 2.45) is 5.73 Å². The third-order valence-corrected chi connectivity index (χ3v) is 4.23. The molecule has 0 amide bonds. The molecule has 17 heavy (non-hydrogen) atoms. The summed E-state index contributed by atoms with van der Waals surface area (Å²) in [7, 11) is 0. The van der Waals surface area contributed by atoms with Gasteiger partial charge in [-0.25, -0.2) is 4.39 Å². The van der Waals surface area contributed by atoms with E-state index in [4.69, 9.17) is 5.73 Å². The molecule has 0 saturated carbocycles. The predicted molar refractivity (Wildman–Crippen MR) is 72.9 cm³/mol. The summed E-state index contributed by atoms with van der Waals surface area (Å²) in [5, 5.41) is 0.968. The maximum atomic E-state index is 13.1. The van der Waals surface area contributed by atoms with Crippen molar-refractivity contribution in [2.45, 2.75) is 38.6 Å². The Labute approximate surface area is 105 Å². The summed E-state index contributed by atoms with van der Waals surface area (Å²) in [6.07, 6.45) is 4.63. The van der Waals surface area contributed by atoms with Crippen LogP contribution in [0.2, 0.25) is 0 Å². The fourth-order valence-electron chi connectivity index (χ4n) is 1.97. The van der Waals surface area contributed by atoms with Crippen LogP contribution in [0.4, 0.5) is 4.39 Å². The molecule has 1 nitrogen and oxygen atoms in total. The van der Waals surface area contributed by atoms with Crippen LogP contribution in [0.5, 0.6) is 0 Å². The zero-order valence-corrected chi connectivity index (χ0v) is 10.9. The molecule has 0 spiro atoms. The van der Waals surface area contributed by atoms with Crippen molar-refractivity contribution in [3.63, 3.8) is 0 Å². The molecule has 1 unspecified atom stereocenters. The highest BCUT2D eigenvalue weighted by molar-refractivity contribution is 7.19. The minimum atomic E-state index is -0.179. The third-order valence-electron chi connectivity index (χ3n) is 2.98. The highest BCUT2D eigenvalue weighted by Gasteiger charge is 2.10. The van der Waals surface area contributed by atoms with Gasteiger partial charge in [0.25, 0.3) is 0 Å². The Morgan fingerprint density at radius 1 is 1.29 bits per heavy atom. The van der Waals surface area contributed by atoms with Crippen LogP contribution in [-0.4, -0.2) is 0 Å². The van der Waals surface area contributed by atoms with Gasteiger partial charge in [0, 0.05) is 15.6 Å². The fourth-order valence-corrected chi connectivity index (χ4v) is 3.05. The topological polar surface area (TPSA) is 26.0 Å². The fraction of sp³-hybridized carbons (Fsp3) is 0.429. The van der Waals surface area contributed by atoms with Crippen LogP contribution in [0.15, 0.2) is 24.3 Å². The molecule has 0 radical (unpaired) electrons. The van der Waals surface area contributed by atoms with E-state index < -0.39 is 0 Å². The molecule has 2 N–H and O–H groups in total. The van der Waals surface area contributed by atoms with Gasteiger partial charge in [0.05, 0.1) is 0 Å². The highest BCUT2D eigenvalue weighted by atomic mass is 32.1. The molecule has 0 bridgehead atoms. The summed E-state index contributed by atoms with van der Waals surface area (Å²) in [4.78, 5) is 1.17. The molecule has 0 aliphatic carbocycles. The summed E-state index contributed by atoms with van der Waals surface area (Å²) in [6, 6.07) is 7.04. The second kappa shape index (κ2) is 5.61. The maximum Gasteiger partial charge on any atom is 0.123 e. The molecule has 2 aromatic rings. The Morgan fingerprint density at radius 3 is 2.88 bits per heavy atom. The van der Waals surface area contributed by atoms with Crippen LogP contribution < -0.4 is 5.73 Å². The lowest BCUT2D eigenvalue weighted by Gasteiger charge is -2.07. The largest absolute Gasteiger partial charge is 0.323 e. The van der Waals surface area contributed by atoms with Crippen molar-refractivity contribution < 1.29 is 4.39 Å². The number of unbranched alkanes of at least 4 members (excludes halogenated alkanes) is 2. The Morgan fingerprint density at radius 2 is 2.12 bits per heavy atom. The van der Waals surface area contributed by atoms with Gasteiger partial charge in [-0.05, 0) is 36.1 Å². The van der Waals surface area contributed by atoms with Crippen molar-refractivity contribution in [3.8, 4) is 0 Å². The SMILES string of the molecule is CCCCCC(N)c1cc2cc(F)ccc2s1. The van der Waals surface area contributed by atoms with Gasteiger partial charge in [-0.3, -0.25) is 0 Å². The lowest BCUT2D eigenvalue weighted by molar-refractivity contribution is 0.587. The monoisotopic (exact) mass is 251 g/mol. The summed E-state index contributed by atoms with van der Waals surface area (Å²) in [5.41, 5.74) is 6.15. The van der Waals surface area contributed by atoms with Gasteiger partial charge in [-0.2, -0.15) is 0 Å². The smallest absolute Gasteiger partial charge is 0.123 e. The van der Waals surface area contributed by atoms with Crippen molar-refractivity contribution in [2.75, 3.05) is 0 Å². The van der Waals surface area contributed by atoms with E-state index in [1.807, 2.05) is 12.1 Å². The van der Waals surface area contributed by atoms with Crippen molar-refractivity contribution in [3.05, 3.63) is 35.0 Å². The third kappa shape index (κ3) is 3.05. The molecule has 0 saturated heterocycles. The van der Waals surface area contributed by atoms with E-state index in [2.05, 4.69) is 6.92 Å². The molecule has 3 heteroatoms. The van der Waals surface area contributed by atoms with Crippen LogP contribution in [0, 0.1) is 5.82 Å². The molecule has 2 rings (SSSR count). The number of hydrogen-bond acceptors (Lipinski definition) is 2. The molecular weight excluding hydrogens is 233 g/mol. The first kappa shape index (κ1) is 12.5. The lowest BCUT2D eigenvalue weighted by Crippen LogP contribution is -2.07. The minimum absolute atomic E-state index is 0.0991. The number of hydrogen-bond donors (Lipinski definition) is 1. The van der Waals surface area contributed by atoms with E-state index >= 15 is 0 Å². The summed E-state index contributed by atoms with van der Waals surface area (Å²) in [5.74, 6) is -0.179. The second-order valence-corrected chi connectivity index (χ2v) is 5.55. The number of thiophene rings is 1. The molecule has 1 aromatic heterocycles. The van der Waals surface area contributed by atoms with Gasteiger partial charge < -0.3 is 5.73 Å². The molecule has 0 aliphatic rings. The van der Waals surface area contributed by atoms with E-state index in [0.29, 0.717) is 0 Å². The van der Waals surface area contributed by atoms with E-state index in [9.17, 15) is 4.39 Å². The average molecular weight is 251 g/mol. The Kier molecular flexibility index (Phi) is 4.13. The summed E-state index contributed by atoms with van der Waals surface area (Å²) >= 11 is 1.68. The van der Waals surface area contributed by atoms with Crippen LogP contribution in [0.25, 0.3) is 10.1 Å².